The molecule has 4 nitrogen and oxygen atoms in total. The smallest absolute Gasteiger partial charge is 0.330 e. The van der Waals surface area contributed by atoms with E-state index in [2.05, 4.69) is 0 Å². The normalized spacial score (nSPS) is 23.5. The van der Waals surface area contributed by atoms with Gasteiger partial charge in [0.2, 0.25) is 0 Å². The van der Waals surface area contributed by atoms with E-state index >= 15 is 0 Å². The van der Waals surface area contributed by atoms with Gasteiger partial charge in [-0.05, 0) is 11.6 Å². The molecule has 1 heterocycles. The summed E-state index contributed by atoms with van der Waals surface area (Å²) in [6, 6.07) is 9.69. The zero-order chi connectivity index (χ0) is 12.1. The topological polar surface area (TPSA) is 55.8 Å². The Hall–Kier alpha value is -1.65. The Labute approximate surface area is 99.5 Å². The molecule has 0 spiro atoms. The van der Waals surface area contributed by atoms with Crippen LogP contribution in [-0.2, 0) is 20.9 Å². The number of benzene rings is 1. The lowest BCUT2D eigenvalue weighted by atomic mass is 10.1. The molecule has 0 saturated carbocycles. The maximum atomic E-state index is 11.0. The summed E-state index contributed by atoms with van der Waals surface area (Å²) < 4.78 is 10.5. The number of rotatable bonds is 4. The zero-order valence-electron chi connectivity index (χ0n) is 9.28. The van der Waals surface area contributed by atoms with Gasteiger partial charge in [0.15, 0.2) is 6.10 Å². The molecule has 1 aromatic rings. The fraction of sp³-hybridized carbons (Fsp3) is 0.308. The van der Waals surface area contributed by atoms with Crippen molar-refractivity contribution >= 4 is 5.97 Å². The lowest BCUT2D eigenvalue weighted by Gasteiger charge is -2.25. The number of hydrogen-bond acceptors (Lipinski definition) is 4. The molecule has 1 aromatic carbocycles. The Balaban J connectivity index is 1.94. The molecular weight excluding hydrogens is 220 g/mol. The minimum atomic E-state index is -0.615. The molecule has 4 heteroatoms. The standard InChI is InChI=1S/C13H14O4/c14-8-12-11(6-7-13(15)17-12)16-9-10-4-2-1-3-5-10/h1-7,11-12,14H,8-9H2/t11-,12-/m1/s1. The second kappa shape index (κ2) is 5.61. The van der Waals surface area contributed by atoms with Gasteiger partial charge in [-0.15, -0.1) is 0 Å². The summed E-state index contributed by atoms with van der Waals surface area (Å²) in [5.74, 6) is -0.441. The van der Waals surface area contributed by atoms with Gasteiger partial charge in [0.25, 0.3) is 0 Å². The summed E-state index contributed by atoms with van der Waals surface area (Å²) in [7, 11) is 0. The van der Waals surface area contributed by atoms with Gasteiger partial charge in [-0.1, -0.05) is 30.3 Å². The van der Waals surface area contributed by atoms with Crippen LogP contribution in [0.5, 0.6) is 0 Å². The predicted octanol–water partition coefficient (Wildman–Crippen LogP) is 1.05. The molecule has 0 unspecified atom stereocenters. The molecular formula is C13H14O4. The molecule has 90 valence electrons. The van der Waals surface area contributed by atoms with Crippen LogP contribution in [0.15, 0.2) is 42.5 Å². The van der Waals surface area contributed by atoms with Crippen LogP contribution in [0.2, 0.25) is 0 Å². The average Bonchev–Trinajstić information content (AvgIpc) is 2.38. The SMILES string of the molecule is O=C1C=C[C@@H](OCc2ccccc2)[C@@H](CO)O1. The number of ether oxygens (including phenoxy) is 2. The largest absolute Gasteiger partial charge is 0.454 e. The van der Waals surface area contributed by atoms with E-state index in [1.54, 1.807) is 6.08 Å². The third kappa shape index (κ3) is 3.15. The molecule has 0 saturated heterocycles. The average molecular weight is 234 g/mol. The Morgan fingerprint density at radius 3 is 2.76 bits per heavy atom. The monoisotopic (exact) mass is 234 g/mol. The van der Waals surface area contributed by atoms with E-state index < -0.39 is 18.2 Å². The van der Waals surface area contributed by atoms with E-state index in [9.17, 15) is 4.79 Å². The van der Waals surface area contributed by atoms with Crippen LogP contribution < -0.4 is 0 Å². The van der Waals surface area contributed by atoms with E-state index in [4.69, 9.17) is 14.6 Å². The number of aliphatic hydroxyl groups excluding tert-OH is 1. The number of esters is 1. The first-order chi connectivity index (χ1) is 8.29. The molecule has 17 heavy (non-hydrogen) atoms. The Kier molecular flexibility index (Phi) is 3.90. The highest BCUT2D eigenvalue weighted by atomic mass is 16.6. The van der Waals surface area contributed by atoms with E-state index in [-0.39, 0.29) is 6.61 Å². The molecule has 2 atom stereocenters. The maximum absolute atomic E-state index is 11.0. The second-order valence-corrected chi connectivity index (χ2v) is 3.78. The first-order valence-electron chi connectivity index (χ1n) is 5.45. The van der Waals surface area contributed by atoms with Crippen molar-refractivity contribution in [2.75, 3.05) is 6.61 Å². The summed E-state index contributed by atoms with van der Waals surface area (Å²) in [6.45, 7) is 0.180. The lowest BCUT2D eigenvalue weighted by Crippen LogP contribution is -2.37. The highest BCUT2D eigenvalue weighted by molar-refractivity contribution is 5.83. The fourth-order valence-electron chi connectivity index (χ4n) is 1.62. The molecule has 0 aliphatic carbocycles. The third-order valence-corrected chi connectivity index (χ3v) is 2.52. The number of carbonyl (C=O) groups excluding carboxylic acids is 1. The van der Waals surface area contributed by atoms with Gasteiger partial charge in [0.1, 0.15) is 6.10 Å². The molecule has 0 aromatic heterocycles. The van der Waals surface area contributed by atoms with Crippen molar-refractivity contribution in [2.24, 2.45) is 0 Å². The molecule has 0 radical (unpaired) electrons. The van der Waals surface area contributed by atoms with Crippen molar-refractivity contribution in [3.63, 3.8) is 0 Å². The fourth-order valence-corrected chi connectivity index (χ4v) is 1.62. The van der Waals surface area contributed by atoms with Gasteiger partial charge < -0.3 is 14.6 Å². The number of aliphatic hydroxyl groups is 1. The highest BCUT2D eigenvalue weighted by Gasteiger charge is 2.26. The number of cyclic esters (lactones) is 1. The van der Waals surface area contributed by atoms with Crippen LogP contribution in [0.3, 0.4) is 0 Å². The number of carbonyl (C=O) groups is 1. The minimum absolute atomic E-state index is 0.241. The van der Waals surface area contributed by atoms with Gasteiger partial charge >= 0.3 is 5.97 Å². The zero-order valence-corrected chi connectivity index (χ0v) is 9.28. The maximum Gasteiger partial charge on any atom is 0.330 e. The van der Waals surface area contributed by atoms with Crippen molar-refractivity contribution in [3.8, 4) is 0 Å². The minimum Gasteiger partial charge on any atom is -0.454 e. The van der Waals surface area contributed by atoms with Gasteiger partial charge in [0, 0.05) is 6.08 Å². The number of hydrogen-bond donors (Lipinski definition) is 1. The molecule has 0 fully saturated rings. The van der Waals surface area contributed by atoms with Crippen molar-refractivity contribution in [1.82, 2.24) is 0 Å². The second-order valence-electron chi connectivity index (χ2n) is 3.78. The predicted molar refractivity (Wildman–Crippen MR) is 61.1 cm³/mol. The van der Waals surface area contributed by atoms with Crippen molar-refractivity contribution in [1.29, 1.82) is 0 Å². The lowest BCUT2D eigenvalue weighted by molar-refractivity contribution is -0.156. The van der Waals surface area contributed by atoms with Gasteiger partial charge in [0.05, 0.1) is 13.2 Å². The van der Waals surface area contributed by atoms with Crippen LogP contribution in [0.25, 0.3) is 0 Å². The van der Waals surface area contributed by atoms with Crippen LogP contribution >= 0.6 is 0 Å². The molecule has 1 aliphatic heterocycles. The Morgan fingerprint density at radius 1 is 1.29 bits per heavy atom. The molecule has 1 aliphatic rings. The molecule has 0 bridgehead atoms. The first kappa shape index (κ1) is 11.8. The molecule has 1 N–H and O–H groups in total. The summed E-state index contributed by atoms with van der Waals surface area (Å²) in [5, 5.41) is 9.09. The van der Waals surface area contributed by atoms with Crippen molar-refractivity contribution in [3.05, 3.63) is 48.0 Å². The van der Waals surface area contributed by atoms with Crippen molar-refractivity contribution in [2.45, 2.75) is 18.8 Å². The Bertz CT molecular complexity index is 399. The summed E-state index contributed by atoms with van der Waals surface area (Å²) in [4.78, 5) is 11.0. The van der Waals surface area contributed by atoms with E-state index in [1.807, 2.05) is 30.3 Å². The van der Waals surface area contributed by atoms with Crippen LogP contribution in [0.4, 0.5) is 0 Å². The van der Waals surface area contributed by atoms with Crippen LogP contribution in [-0.4, -0.2) is 29.9 Å². The summed E-state index contributed by atoms with van der Waals surface area (Å²) in [5.41, 5.74) is 1.04. The quantitative estimate of drug-likeness (QED) is 0.791. The Morgan fingerprint density at radius 2 is 2.06 bits per heavy atom. The molecule has 0 amide bonds. The van der Waals surface area contributed by atoms with Crippen LogP contribution in [0, 0.1) is 0 Å². The van der Waals surface area contributed by atoms with E-state index in [1.165, 1.54) is 6.08 Å². The van der Waals surface area contributed by atoms with E-state index in [0.717, 1.165) is 5.56 Å². The summed E-state index contributed by atoms with van der Waals surface area (Å²) in [6.07, 6.45) is 1.94. The third-order valence-electron chi connectivity index (χ3n) is 2.52. The summed E-state index contributed by atoms with van der Waals surface area (Å²) >= 11 is 0. The highest BCUT2D eigenvalue weighted by Crippen LogP contribution is 2.14. The van der Waals surface area contributed by atoms with Gasteiger partial charge in [-0.3, -0.25) is 0 Å². The first-order valence-corrected chi connectivity index (χ1v) is 5.45. The molecule has 2 rings (SSSR count). The van der Waals surface area contributed by atoms with Crippen molar-refractivity contribution < 1.29 is 19.4 Å². The van der Waals surface area contributed by atoms with Gasteiger partial charge in [-0.2, -0.15) is 0 Å². The van der Waals surface area contributed by atoms with Gasteiger partial charge in [-0.25, -0.2) is 4.79 Å². The van der Waals surface area contributed by atoms with Crippen LogP contribution in [0.1, 0.15) is 5.56 Å². The van der Waals surface area contributed by atoms with E-state index in [0.29, 0.717) is 6.61 Å².